The van der Waals surface area contributed by atoms with Crippen molar-refractivity contribution in [2.75, 3.05) is 24.6 Å². The van der Waals surface area contributed by atoms with Crippen molar-refractivity contribution >= 4 is 28.5 Å². The number of fused-ring (bicyclic) bond motifs is 1. The summed E-state index contributed by atoms with van der Waals surface area (Å²) in [5.41, 5.74) is 0.862. The van der Waals surface area contributed by atoms with E-state index in [-0.39, 0.29) is 30.8 Å². The van der Waals surface area contributed by atoms with Gasteiger partial charge in [0.25, 0.3) is 0 Å². The second-order valence-electron chi connectivity index (χ2n) is 5.37. The van der Waals surface area contributed by atoms with Crippen LogP contribution < -0.4 is 10.2 Å². The summed E-state index contributed by atoms with van der Waals surface area (Å²) in [6.07, 6.45) is 0.701. The van der Waals surface area contributed by atoms with Crippen LogP contribution in [0.15, 0.2) is 24.3 Å². The van der Waals surface area contributed by atoms with Gasteiger partial charge in [0.05, 0.1) is 11.4 Å². The summed E-state index contributed by atoms with van der Waals surface area (Å²) < 4.78 is 0. The Labute approximate surface area is 127 Å². The first kappa shape index (κ1) is 14.5. The second-order valence-corrected chi connectivity index (χ2v) is 5.37. The molecule has 1 aromatic heterocycles. The number of benzene rings is 1. The molecule has 1 aromatic carbocycles. The maximum Gasteiger partial charge on any atom is 0.229 e. The molecule has 1 saturated heterocycles. The van der Waals surface area contributed by atoms with Crippen molar-refractivity contribution in [3.05, 3.63) is 24.3 Å². The molecule has 1 aliphatic rings. The topological polar surface area (TPSA) is 98.3 Å². The molecule has 0 saturated carbocycles. The number of H-pyrrole nitrogens is 1. The number of amides is 2. The van der Waals surface area contributed by atoms with E-state index in [1.54, 1.807) is 4.90 Å². The van der Waals surface area contributed by atoms with Gasteiger partial charge >= 0.3 is 0 Å². The van der Waals surface area contributed by atoms with Gasteiger partial charge in [-0.1, -0.05) is 12.1 Å². The number of carbonyl (C=O) groups excluding carboxylic acids is 2. The number of aliphatic hydroxyl groups excluding tert-OH is 1. The quantitative estimate of drug-likeness (QED) is 0.697. The average Bonchev–Trinajstić information content (AvgIpc) is 3.10. The van der Waals surface area contributed by atoms with Gasteiger partial charge in [-0.05, 0) is 18.6 Å². The summed E-state index contributed by atoms with van der Waals surface area (Å²) in [6.45, 7) is 0.791. The van der Waals surface area contributed by atoms with Crippen molar-refractivity contribution < 1.29 is 14.7 Å². The highest BCUT2D eigenvalue weighted by Crippen LogP contribution is 2.29. The lowest BCUT2D eigenvalue weighted by molar-refractivity contribution is -0.126. The predicted molar refractivity (Wildman–Crippen MR) is 81.3 cm³/mol. The Morgan fingerprint density at radius 1 is 1.45 bits per heavy atom. The van der Waals surface area contributed by atoms with E-state index in [0.717, 1.165) is 10.9 Å². The molecule has 1 fully saturated rings. The van der Waals surface area contributed by atoms with Crippen LogP contribution in [0.25, 0.3) is 10.9 Å². The van der Waals surface area contributed by atoms with Crippen molar-refractivity contribution in [3.8, 4) is 0 Å². The lowest BCUT2D eigenvalue weighted by atomic mass is 10.1. The number of nitrogens with zero attached hydrogens (tertiary/aromatic N) is 2. The van der Waals surface area contributed by atoms with Crippen LogP contribution in [0.5, 0.6) is 0 Å². The molecule has 1 aliphatic heterocycles. The Morgan fingerprint density at radius 2 is 2.27 bits per heavy atom. The SMILES string of the molecule is O=C(NCCCO)C1CC(=O)N(c2n[nH]c3ccccc23)C1. The smallest absolute Gasteiger partial charge is 0.229 e. The minimum atomic E-state index is -0.373. The van der Waals surface area contributed by atoms with Crippen molar-refractivity contribution in [1.82, 2.24) is 15.5 Å². The van der Waals surface area contributed by atoms with Gasteiger partial charge in [0.1, 0.15) is 0 Å². The number of carbonyl (C=O) groups is 2. The standard InChI is InChI=1S/C15H18N4O3/c20-7-3-6-16-15(22)10-8-13(21)19(9-10)14-11-4-1-2-5-12(11)17-18-14/h1-2,4-5,10,20H,3,6-9H2,(H,16,22)(H,17,18). The Kier molecular flexibility index (Phi) is 4.06. The molecule has 3 N–H and O–H groups in total. The van der Waals surface area contributed by atoms with Crippen molar-refractivity contribution in [2.45, 2.75) is 12.8 Å². The molecule has 0 aliphatic carbocycles. The maximum atomic E-state index is 12.2. The summed E-state index contributed by atoms with van der Waals surface area (Å²) >= 11 is 0. The average molecular weight is 302 g/mol. The third kappa shape index (κ3) is 2.67. The summed E-state index contributed by atoms with van der Waals surface area (Å²) in [5, 5.41) is 19.5. The number of aromatic nitrogens is 2. The number of nitrogens with one attached hydrogen (secondary N) is 2. The Morgan fingerprint density at radius 3 is 3.09 bits per heavy atom. The monoisotopic (exact) mass is 302 g/mol. The first-order valence-corrected chi connectivity index (χ1v) is 7.32. The first-order chi connectivity index (χ1) is 10.7. The number of hydrogen-bond acceptors (Lipinski definition) is 4. The van der Waals surface area contributed by atoms with Gasteiger partial charge in [-0.25, -0.2) is 0 Å². The summed E-state index contributed by atoms with van der Waals surface area (Å²) in [5.74, 6) is -0.0448. The van der Waals surface area contributed by atoms with E-state index in [1.807, 2.05) is 24.3 Å². The van der Waals surface area contributed by atoms with Crippen LogP contribution in [0.2, 0.25) is 0 Å². The fourth-order valence-electron chi connectivity index (χ4n) is 2.68. The molecule has 0 spiro atoms. The van der Waals surface area contributed by atoms with E-state index in [4.69, 9.17) is 5.11 Å². The highest BCUT2D eigenvalue weighted by Gasteiger charge is 2.36. The van der Waals surface area contributed by atoms with Crippen LogP contribution >= 0.6 is 0 Å². The second kappa shape index (κ2) is 6.15. The van der Waals surface area contributed by atoms with Crippen LogP contribution in [0, 0.1) is 5.92 Å². The lowest BCUT2D eigenvalue weighted by Crippen LogP contribution is -2.33. The third-order valence-electron chi connectivity index (χ3n) is 3.84. The van der Waals surface area contributed by atoms with E-state index >= 15 is 0 Å². The molecule has 0 bridgehead atoms. The molecule has 1 unspecified atom stereocenters. The normalized spacial score (nSPS) is 18.1. The number of rotatable bonds is 5. The molecule has 3 rings (SSSR count). The summed E-state index contributed by atoms with van der Waals surface area (Å²) in [7, 11) is 0. The number of anilines is 1. The Hall–Kier alpha value is -2.41. The molecule has 2 amide bonds. The molecule has 116 valence electrons. The van der Waals surface area contributed by atoms with Crippen LogP contribution in [0.1, 0.15) is 12.8 Å². The molecule has 1 atom stereocenters. The number of aliphatic hydroxyl groups is 1. The molecule has 7 nitrogen and oxygen atoms in total. The van der Waals surface area contributed by atoms with Gasteiger partial charge < -0.3 is 10.4 Å². The van der Waals surface area contributed by atoms with Gasteiger partial charge in [0.15, 0.2) is 5.82 Å². The van der Waals surface area contributed by atoms with Gasteiger partial charge in [-0.15, -0.1) is 0 Å². The van der Waals surface area contributed by atoms with Gasteiger partial charge in [0.2, 0.25) is 11.8 Å². The molecular formula is C15H18N4O3. The largest absolute Gasteiger partial charge is 0.396 e. The van der Waals surface area contributed by atoms with Crippen molar-refractivity contribution in [1.29, 1.82) is 0 Å². The molecule has 2 aromatic rings. The number of hydrogen-bond donors (Lipinski definition) is 3. The minimum Gasteiger partial charge on any atom is -0.396 e. The van der Waals surface area contributed by atoms with Crippen LogP contribution in [0.4, 0.5) is 5.82 Å². The van der Waals surface area contributed by atoms with E-state index in [2.05, 4.69) is 15.5 Å². The third-order valence-corrected chi connectivity index (χ3v) is 3.84. The highest BCUT2D eigenvalue weighted by atomic mass is 16.3. The van der Waals surface area contributed by atoms with Crippen molar-refractivity contribution in [2.24, 2.45) is 5.92 Å². The fourth-order valence-corrected chi connectivity index (χ4v) is 2.68. The maximum absolute atomic E-state index is 12.2. The Balaban J connectivity index is 1.73. The number of aromatic amines is 1. The number of para-hydroxylation sites is 1. The first-order valence-electron chi connectivity index (χ1n) is 7.32. The van der Waals surface area contributed by atoms with Crippen LogP contribution in [-0.2, 0) is 9.59 Å². The van der Waals surface area contributed by atoms with E-state index in [1.165, 1.54) is 0 Å². The highest BCUT2D eigenvalue weighted by molar-refractivity contribution is 6.05. The minimum absolute atomic E-state index is 0.0370. The van der Waals surface area contributed by atoms with Gasteiger partial charge in [0, 0.05) is 31.5 Å². The zero-order valence-corrected chi connectivity index (χ0v) is 12.1. The van der Waals surface area contributed by atoms with Crippen LogP contribution in [0.3, 0.4) is 0 Å². The Bertz CT molecular complexity index is 697. The summed E-state index contributed by atoms with van der Waals surface area (Å²) in [4.78, 5) is 25.8. The van der Waals surface area contributed by atoms with E-state index in [9.17, 15) is 9.59 Å². The fraction of sp³-hybridized carbons (Fsp3) is 0.400. The van der Waals surface area contributed by atoms with Gasteiger partial charge in [-0.2, -0.15) is 5.10 Å². The van der Waals surface area contributed by atoms with E-state index < -0.39 is 0 Å². The molecule has 2 heterocycles. The zero-order valence-electron chi connectivity index (χ0n) is 12.1. The van der Waals surface area contributed by atoms with E-state index in [0.29, 0.717) is 25.3 Å². The van der Waals surface area contributed by atoms with Gasteiger partial charge in [-0.3, -0.25) is 19.6 Å². The zero-order chi connectivity index (χ0) is 15.5. The predicted octanol–water partition coefficient (Wildman–Crippen LogP) is 0.414. The lowest BCUT2D eigenvalue weighted by Gasteiger charge is -2.14. The molecule has 0 radical (unpaired) electrons. The molecule has 7 heteroatoms. The summed E-state index contributed by atoms with van der Waals surface area (Å²) in [6, 6.07) is 7.58. The van der Waals surface area contributed by atoms with Crippen molar-refractivity contribution in [3.63, 3.8) is 0 Å². The van der Waals surface area contributed by atoms with Crippen LogP contribution in [-0.4, -0.2) is 46.8 Å². The molecule has 22 heavy (non-hydrogen) atoms. The molecular weight excluding hydrogens is 284 g/mol.